The van der Waals surface area contributed by atoms with Crippen LogP contribution in [0, 0.1) is 0 Å². The number of para-hydroxylation sites is 1. The van der Waals surface area contributed by atoms with Gasteiger partial charge in [-0.1, -0.05) is 18.2 Å². The van der Waals surface area contributed by atoms with Crippen molar-refractivity contribution in [3.05, 3.63) is 48.0 Å². The first-order valence-corrected chi connectivity index (χ1v) is 6.64. The van der Waals surface area contributed by atoms with E-state index in [1.807, 2.05) is 47.0 Å². The Morgan fingerprint density at radius 2 is 1.81 bits per heavy atom. The molecule has 0 saturated heterocycles. The van der Waals surface area contributed by atoms with Crippen LogP contribution in [0.4, 0.5) is 5.95 Å². The summed E-state index contributed by atoms with van der Waals surface area (Å²) in [5.74, 6) is 2.04. The van der Waals surface area contributed by atoms with Crippen LogP contribution in [0.3, 0.4) is 0 Å². The Bertz CT molecular complexity index is 763. The number of nitrogen functional groups attached to an aromatic ring is 1. The second-order valence-corrected chi connectivity index (χ2v) is 4.73. The molecule has 5 heteroatoms. The van der Waals surface area contributed by atoms with Gasteiger partial charge in [-0.25, -0.2) is 4.98 Å². The first-order valence-electron chi connectivity index (χ1n) is 6.64. The molecule has 0 aliphatic heterocycles. The number of rotatable bonds is 4. The molecular weight excluding hydrogens is 266 g/mol. The van der Waals surface area contributed by atoms with Crippen LogP contribution in [-0.4, -0.2) is 23.8 Å². The Labute approximate surface area is 122 Å². The van der Waals surface area contributed by atoms with Crippen molar-refractivity contribution in [3.8, 4) is 11.5 Å². The van der Waals surface area contributed by atoms with Gasteiger partial charge in [0.2, 0.25) is 5.95 Å². The number of nitrogens with zero attached hydrogens (tertiary/aromatic N) is 2. The van der Waals surface area contributed by atoms with E-state index in [9.17, 15) is 0 Å². The third-order valence-electron chi connectivity index (χ3n) is 3.49. The number of hydrogen-bond donors (Lipinski definition) is 1. The summed E-state index contributed by atoms with van der Waals surface area (Å²) in [7, 11) is 3.29. The van der Waals surface area contributed by atoms with Gasteiger partial charge in [-0.2, -0.15) is 0 Å². The Hall–Kier alpha value is -2.69. The van der Waals surface area contributed by atoms with Gasteiger partial charge in [0.25, 0.3) is 0 Å². The zero-order valence-electron chi connectivity index (χ0n) is 12.0. The molecule has 0 radical (unpaired) electrons. The van der Waals surface area contributed by atoms with Crippen molar-refractivity contribution in [2.75, 3.05) is 20.0 Å². The normalized spacial score (nSPS) is 10.8. The fourth-order valence-electron chi connectivity index (χ4n) is 2.38. The summed E-state index contributed by atoms with van der Waals surface area (Å²) < 4.78 is 12.5. The van der Waals surface area contributed by atoms with Gasteiger partial charge in [-0.05, 0) is 29.8 Å². The number of imidazole rings is 1. The van der Waals surface area contributed by atoms with Gasteiger partial charge in [0.1, 0.15) is 17.0 Å². The Balaban J connectivity index is 2.01. The molecule has 1 heterocycles. The molecule has 0 aliphatic rings. The van der Waals surface area contributed by atoms with E-state index in [4.69, 9.17) is 15.2 Å². The third kappa shape index (κ3) is 2.38. The van der Waals surface area contributed by atoms with Crippen LogP contribution in [0.25, 0.3) is 11.0 Å². The van der Waals surface area contributed by atoms with Crippen molar-refractivity contribution < 1.29 is 9.47 Å². The number of fused-ring (bicyclic) bond motifs is 1. The number of hydrogen-bond acceptors (Lipinski definition) is 4. The monoisotopic (exact) mass is 283 g/mol. The number of benzene rings is 2. The van der Waals surface area contributed by atoms with Crippen LogP contribution >= 0.6 is 0 Å². The summed E-state index contributed by atoms with van der Waals surface area (Å²) in [4.78, 5) is 4.40. The van der Waals surface area contributed by atoms with E-state index in [0.29, 0.717) is 12.5 Å². The molecule has 0 unspecified atom stereocenters. The summed E-state index contributed by atoms with van der Waals surface area (Å²) in [6, 6.07) is 13.7. The predicted molar refractivity (Wildman–Crippen MR) is 82.8 cm³/mol. The summed E-state index contributed by atoms with van der Waals surface area (Å²) >= 11 is 0. The highest BCUT2D eigenvalue weighted by Crippen LogP contribution is 2.27. The van der Waals surface area contributed by atoms with Crippen LogP contribution < -0.4 is 15.2 Å². The molecule has 0 spiro atoms. The molecule has 3 rings (SSSR count). The van der Waals surface area contributed by atoms with Gasteiger partial charge in [0.15, 0.2) is 0 Å². The lowest BCUT2D eigenvalue weighted by Crippen LogP contribution is -2.04. The van der Waals surface area contributed by atoms with E-state index >= 15 is 0 Å². The molecule has 0 amide bonds. The van der Waals surface area contributed by atoms with Gasteiger partial charge in [-0.3, -0.25) is 0 Å². The molecule has 3 aromatic rings. The van der Waals surface area contributed by atoms with E-state index in [2.05, 4.69) is 4.98 Å². The van der Waals surface area contributed by atoms with Crippen LogP contribution in [-0.2, 0) is 6.54 Å². The molecule has 0 saturated carbocycles. The Kier molecular flexibility index (Phi) is 3.39. The van der Waals surface area contributed by atoms with Crippen LogP contribution in [0.2, 0.25) is 0 Å². The highest BCUT2D eigenvalue weighted by molar-refractivity contribution is 5.84. The van der Waals surface area contributed by atoms with Gasteiger partial charge >= 0.3 is 0 Å². The molecule has 0 aliphatic carbocycles. The number of methoxy groups -OCH3 is 2. The molecule has 108 valence electrons. The van der Waals surface area contributed by atoms with Crippen molar-refractivity contribution in [3.63, 3.8) is 0 Å². The molecule has 1 aromatic heterocycles. The standard InChI is InChI=1S/C16H17N3O2/c1-20-12-8-6-11(7-9-12)10-19-13-4-3-5-14(21-2)15(13)18-16(19)17/h3-9H,10H2,1-2H3,(H2,17,18). The zero-order chi connectivity index (χ0) is 14.8. The van der Waals surface area contributed by atoms with E-state index in [1.54, 1.807) is 14.2 Å². The average Bonchev–Trinajstić information content (AvgIpc) is 2.84. The first-order chi connectivity index (χ1) is 10.2. The van der Waals surface area contributed by atoms with E-state index in [1.165, 1.54) is 0 Å². The minimum absolute atomic E-state index is 0.477. The largest absolute Gasteiger partial charge is 0.497 e. The molecule has 0 atom stereocenters. The van der Waals surface area contributed by atoms with Gasteiger partial charge in [0.05, 0.1) is 26.3 Å². The maximum Gasteiger partial charge on any atom is 0.201 e. The molecule has 0 fully saturated rings. The summed E-state index contributed by atoms with van der Waals surface area (Å²) in [5, 5.41) is 0. The highest BCUT2D eigenvalue weighted by Gasteiger charge is 2.12. The van der Waals surface area contributed by atoms with Crippen molar-refractivity contribution >= 4 is 17.0 Å². The first kappa shape index (κ1) is 13.3. The minimum Gasteiger partial charge on any atom is -0.497 e. The van der Waals surface area contributed by atoms with Crippen molar-refractivity contribution in [1.29, 1.82) is 0 Å². The molecular formula is C16H17N3O2. The lowest BCUT2D eigenvalue weighted by molar-refractivity contribution is 0.414. The Morgan fingerprint density at radius 3 is 2.48 bits per heavy atom. The summed E-state index contributed by atoms with van der Waals surface area (Å²) in [6.07, 6.45) is 0. The average molecular weight is 283 g/mol. The topological polar surface area (TPSA) is 62.3 Å². The fourth-order valence-corrected chi connectivity index (χ4v) is 2.38. The predicted octanol–water partition coefficient (Wildman–Crippen LogP) is 2.68. The quantitative estimate of drug-likeness (QED) is 0.799. The summed E-state index contributed by atoms with van der Waals surface area (Å²) in [5.41, 5.74) is 8.93. The smallest absolute Gasteiger partial charge is 0.201 e. The highest BCUT2D eigenvalue weighted by atomic mass is 16.5. The fraction of sp³-hybridized carbons (Fsp3) is 0.188. The summed E-state index contributed by atoms with van der Waals surface area (Å²) in [6.45, 7) is 0.652. The van der Waals surface area contributed by atoms with E-state index < -0.39 is 0 Å². The second kappa shape index (κ2) is 5.36. The van der Waals surface area contributed by atoms with Crippen molar-refractivity contribution in [2.45, 2.75) is 6.54 Å². The molecule has 2 aromatic carbocycles. The number of nitrogens with two attached hydrogens (primary N) is 1. The SMILES string of the molecule is COc1ccc(Cn2c(N)nc3c(OC)cccc32)cc1. The number of aromatic nitrogens is 2. The molecule has 0 bridgehead atoms. The van der Waals surface area contributed by atoms with E-state index in [0.717, 1.165) is 28.1 Å². The lowest BCUT2D eigenvalue weighted by Gasteiger charge is -2.08. The lowest BCUT2D eigenvalue weighted by atomic mass is 10.2. The van der Waals surface area contributed by atoms with Crippen LogP contribution in [0.5, 0.6) is 11.5 Å². The van der Waals surface area contributed by atoms with E-state index in [-0.39, 0.29) is 0 Å². The van der Waals surface area contributed by atoms with Gasteiger partial charge < -0.3 is 19.8 Å². The van der Waals surface area contributed by atoms with Gasteiger partial charge in [0, 0.05) is 0 Å². The third-order valence-corrected chi connectivity index (χ3v) is 3.49. The maximum atomic E-state index is 6.05. The van der Waals surface area contributed by atoms with Crippen molar-refractivity contribution in [2.24, 2.45) is 0 Å². The number of ether oxygens (including phenoxy) is 2. The molecule has 5 nitrogen and oxygen atoms in total. The second-order valence-electron chi connectivity index (χ2n) is 4.73. The zero-order valence-corrected chi connectivity index (χ0v) is 12.0. The van der Waals surface area contributed by atoms with Crippen molar-refractivity contribution in [1.82, 2.24) is 9.55 Å². The number of anilines is 1. The molecule has 2 N–H and O–H groups in total. The van der Waals surface area contributed by atoms with Crippen LogP contribution in [0.15, 0.2) is 42.5 Å². The minimum atomic E-state index is 0.477. The maximum absolute atomic E-state index is 6.05. The molecule has 21 heavy (non-hydrogen) atoms. The Morgan fingerprint density at radius 1 is 1.05 bits per heavy atom. The van der Waals surface area contributed by atoms with Gasteiger partial charge in [-0.15, -0.1) is 0 Å². The van der Waals surface area contributed by atoms with Crippen LogP contribution in [0.1, 0.15) is 5.56 Å².